The first-order valence-corrected chi connectivity index (χ1v) is 8.66. The molecule has 0 unspecified atom stereocenters. The number of nitro benzene ring substituents is 1. The zero-order valence-corrected chi connectivity index (χ0v) is 14.3. The number of rotatable bonds is 6. The number of nitrogens with zero attached hydrogens (tertiary/aromatic N) is 4. The highest BCUT2D eigenvalue weighted by Gasteiger charge is 2.16. The van der Waals surface area contributed by atoms with Gasteiger partial charge >= 0.3 is 0 Å². The maximum Gasteiger partial charge on any atom is 0.273 e. The van der Waals surface area contributed by atoms with Crippen LogP contribution in [0.15, 0.2) is 53.7 Å². The molecule has 3 aromatic rings. The third-order valence-corrected chi connectivity index (χ3v) is 4.72. The van der Waals surface area contributed by atoms with E-state index in [2.05, 4.69) is 10.2 Å². The fourth-order valence-electron chi connectivity index (χ4n) is 2.46. The Kier molecular flexibility index (Phi) is 4.99. The van der Waals surface area contributed by atoms with Crippen LogP contribution in [0.2, 0.25) is 0 Å². The van der Waals surface area contributed by atoms with Crippen molar-refractivity contribution >= 4 is 17.4 Å². The van der Waals surface area contributed by atoms with E-state index < -0.39 is 0 Å². The maximum atomic E-state index is 11.1. The Hall–Kier alpha value is -2.87. The molecule has 25 heavy (non-hydrogen) atoms. The second-order valence-electron chi connectivity index (χ2n) is 5.27. The monoisotopic (exact) mass is 356 g/mol. The van der Waals surface area contributed by atoms with E-state index in [1.807, 2.05) is 11.5 Å². The molecule has 0 aliphatic heterocycles. The molecule has 0 aliphatic carbocycles. The average Bonchev–Trinajstić information content (AvgIpc) is 3.03. The van der Waals surface area contributed by atoms with Crippen molar-refractivity contribution in [1.82, 2.24) is 14.8 Å². The van der Waals surface area contributed by atoms with Gasteiger partial charge in [-0.1, -0.05) is 30.0 Å². The molecule has 0 fully saturated rings. The molecule has 1 heterocycles. The number of phenolic OH excluding ortho intramolecular Hbond substituents is 1. The number of nitro groups is 1. The smallest absolute Gasteiger partial charge is 0.273 e. The standard InChI is InChI=1S/C17H16N4O3S/c1-2-20-16(12-7-9-14(22)10-8-12)18-19-17(20)25-11-13-5-3-4-6-15(13)21(23)24/h3-10,22H,2,11H2,1H3. The number of aromatic hydroxyl groups is 1. The molecular formula is C17H16N4O3S. The lowest BCUT2D eigenvalue weighted by atomic mass is 10.2. The second kappa shape index (κ2) is 7.35. The molecule has 0 aliphatic rings. The van der Waals surface area contributed by atoms with Gasteiger partial charge in [0.2, 0.25) is 0 Å². The van der Waals surface area contributed by atoms with Crippen molar-refractivity contribution in [2.24, 2.45) is 0 Å². The molecular weight excluding hydrogens is 340 g/mol. The van der Waals surface area contributed by atoms with E-state index in [9.17, 15) is 15.2 Å². The van der Waals surface area contributed by atoms with Gasteiger partial charge in [-0.25, -0.2) is 0 Å². The molecule has 0 atom stereocenters. The van der Waals surface area contributed by atoms with Crippen molar-refractivity contribution in [2.75, 3.05) is 0 Å². The Morgan fingerprint density at radius 2 is 1.88 bits per heavy atom. The highest BCUT2D eigenvalue weighted by molar-refractivity contribution is 7.98. The zero-order valence-electron chi connectivity index (χ0n) is 13.5. The number of hydrogen-bond donors (Lipinski definition) is 1. The second-order valence-corrected chi connectivity index (χ2v) is 6.21. The Morgan fingerprint density at radius 1 is 1.16 bits per heavy atom. The van der Waals surface area contributed by atoms with Crippen LogP contribution in [0, 0.1) is 10.1 Å². The summed E-state index contributed by atoms with van der Waals surface area (Å²) < 4.78 is 1.95. The van der Waals surface area contributed by atoms with Crippen LogP contribution >= 0.6 is 11.8 Å². The van der Waals surface area contributed by atoms with Crippen molar-refractivity contribution in [2.45, 2.75) is 24.4 Å². The van der Waals surface area contributed by atoms with Crippen LogP contribution in [0.25, 0.3) is 11.4 Å². The van der Waals surface area contributed by atoms with Gasteiger partial charge in [0, 0.05) is 29.5 Å². The largest absolute Gasteiger partial charge is 0.508 e. The fourth-order valence-corrected chi connectivity index (χ4v) is 3.46. The van der Waals surface area contributed by atoms with Crippen molar-refractivity contribution < 1.29 is 10.0 Å². The van der Waals surface area contributed by atoms with E-state index in [1.54, 1.807) is 42.5 Å². The van der Waals surface area contributed by atoms with E-state index in [0.717, 1.165) is 5.56 Å². The Morgan fingerprint density at radius 3 is 2.56 bits per heavy atom. The minimum absolute atomic E-state index is 0.108. The van der Waals surface area contributed by atoms with Gasteiger partial charge in [-0.05, 0) is 31.2 Å². The summed E-state index contributed by atoms with van der Waals surface area (Å²) in [5, 5.41) is 29.7. The van der Waals surface area contributed by atoms with E-state index in [-0.39, 0.29) is 16.4 Å². The van der Waals surface area contributed by atoms with Gasteiger partial charge in [-0.3, -0.25) is 10.1 Å². The molecule has 0 radical (unpaired) electrons. The maximum absolute atomic E-state index is 11.1. The third-order valence-electron chi connectivity index (χ3n) is 3.70. The third kappa shape index (κ3) is 3.63. The van der Waals surface area contributed by atoms with Crippen LogP contribution in [0.3, 0.4) is 0 Å². The molecule has 7 nitrogen and oxygen atoms in total. The summed E-state index contributed by atoms with van der Waals surface area (Å²) in [7, 11) is 0. The van der Waals surface area contributed by atoms with E-state index in [0.29, 0.717) is 28.8 Å². The quantitative estimate of drug-likeness (QED) is 0.409. The van der Waals surface area contributed by atoms with Crippen LogP contribution in [-0.2, 0) is 12.3 Å². The lowest BCUT2D eigenvalue weighted by molar-refractivity contribution is -0.385. The Labute approximate surface area is 148 Å². The molecule has 0 spiro atoms. The van der Waals surface area contributed by atoms with Gasteiger partial charge in [-0.15, -0.1) is 10.2 Å². The number of phenols is 1. The molecule has 0 bridgehead atoms. The SMILES string of the molecule is CCn1c(SCc2ccccc2[N+](=O)[O-])nnc1-c1ccc(O)cc1. The predicted octanol–water partition coefficient (Wildman–Crippen LogP) is 3.87. The molecule has 8 heteroatoms. The van der Waals surface area contributed by atoms with Gasteiger partial charge in [0.25, 0.3) is 5.69 Å². The molecule has 0 saturated heterocycles. The number of hydrogen-bond acceptors (Lipinski definition) is 6. The average molecular weight is 356 g/mol. The van der Waals surface area contributed by atoms with Crippen LogP contribution in [0.1, 0.15) is 12.5 Å². The molecule has 0 saturated carbocycles. The highest BCUT2D eigenvalue weighted by Crippen LogP contribution is 2.29. The molecule has 1 aromatic heterocycles. The Balaban J connectivity index is 1.85. The van der Waals surface area contributed by atoms with Crippen molar-refractivity contribution in [1.29, 1.82) is 0 Å². The van der Waals surface area contributed by atoms with E-state index in [1.165, 1.54) is 17.8 Å². The molecule has 1 N–H and O–H groups in total. The zero-order chi connectivity index (χ0) is 17.8. The van der Waals surface area contributed by atoms with E-state index >= 15 is 0 Å². The summed E-state index contributed by atoms with van der Waals surface area (Å²) in [6.45, 7) is 2.66. The number of para-hydroxylation sites is 1. The van der Waals surface area contributed by atoms with Gasteiger partial charge in [0.05, 0.1) is 4.92 Å². The molecule has 0 amide bonds. The summed E-state index contributed by atoms with van der Waals surface area (Å²) in [5.74, 6) is 1.33. The van der Waals surface area contributed by atoms with Gasteiger partial charge in [0.15, 0.2) is 11.0 Å². The summed E-state index contributed by atoms with van der Waals surface area (Å²) in [6.07, 6.45) is 0. The van der Waals surface area contributed by atoms with Crippen LogP contribution < -0.4 is 0 Å². The topological polar surface area (TPSA) is 94.1 Å². The van der Waals surface area contributed by atoms with Crippen molar-refractivity contribution in [3.63, 3.8) is 0 Å². The first-order valence-electron chi connectivity index (χ1n) is 7.68. The normalized spacial score (nSPS) is 10.8. The first-order chi connectivity index (χ1) is 12.1. The van der Waals surface area contributed by atoms with Gasteiger partial charge < -0.3 is 9.67 Å². The minimum atomic E-state index is -0.373. The van der Waals surface area contributed by atoms with E-state index in [4.69, 9.17) is 0 Å². The minimum Gasteiger partial charge on any atom is -0.508 e. The predicted molar refractivity (Wildman–Crippen MR) is 95.5 cm³/mol. The van der Waals surface area contributed by atoms with Crippen LogP contribution in [0.5, 0.6) is 5.75 Å². The van der Waals surface area contributed by atoms with Crippen LogP contribution in [0.4, 0.5) is 5.69 Å². The summed E-state index contributed by atoms with van der Waals surface area (Å²) >= 11 is 1.41. The number of aromatic nitrogens is 3. The number of thioether (sulfide) groups is 1. The van der Waals surface area contributed by atoms with Gasteiger partial charge in [0.1, 0.15) is 5.75 Å². The Bertz CT molecular complexity index is 893. The molecule has 2 aromatic carbocycles. The highest BCUT2D eigenvalue weighted by atomic mass is 32.2. The van der Waals surface area contributed by atoms with Gasteiger partial charge in [-0.2, -0.15) is 0 Å². The lowest BCUT2D eigenvalue weighted by Crippen LogP contribution is -2.00. The summed E-state index contributed by atoms with van der Waals surface area (Å²) in [6, 6.07) is 13.5. The summed E-state index contributed by atoms with van der Waals surface area (Å²) in [5.41, 5.74) is 1.61. The lowest BCUT2D eigenvalue weighted by Gasteiger charge is -2.07. The summed E-state index contributed by atoms with van der Waals surface area (Å²) in [4.78, 5) is 10.7. The molecule has 128 valence electrons. The number of benzene rings is 2. The fraction of sp³-hybridized carbons (Fsp3) is 0.176. The van der Waals surface area contributed by atoms with Crippen LogP contribution in [-0.4, -0.2) is 24.8 Å². The first kappa shape index (κ1) is 17.0. The molecule has 3 rings (SSSR count). The van der Waals surface area contributed by atoms with Crippen molar-refractivity contribution in [3.05, 3.63) is 64.2 Å². The van der Waals surface area contributed by atoms with Crippen molar-refractivity contribution in [3.8, 4) is 17.1 Å².